The van der Waals surface area contributed by atoms with Crippen molar-refractivity contribution in [3.05, 3.63) is 51.5 Å². The highest BCUT2D eigenvalue weighted by molar-refractivity contribution is 7.11. The lowest BCUT2D eigenvalue weighted by Gasteiger charge is -2.12. The van der Waals surface area contributed by atoms with Gasteiger partial charge in [-0.15, -0.1) is 11.3 Å². The molecule has 0 aliphatic rings. The topological polar surface area (TPSA) is 58.5 Å². The van der Waals surface area contributed by atoms with Crippen LogP contribution in [-0.2, 0) is 24.4 Å². The monoisotopic (exact) mass is 386 g/mol. The Balaban J connectivity index is 1.75. The van der Waals surface area contributed by atoms with Crippen LogP contribution in [0.2, 0.25) is 0 Å². The van der Waals surface area contributed by atoms with Crippen molar-refractivity contribution >= 4 is 17.3 Å². The van der Waals surface area contributed by atoms with Crippen LogP contribution in [0, 0.1) is 6.92 Å². The number of alkyl halides is 3. The molecule has 0 bridgehead atoms. The van der Waals surface area contributed by atoms with Crippen LogP contribution in [-0.4, -0.2) is 30.8 Å². The summed E-state index contributed by atoms with van der Waals surface area (Å²) in [7, 11) is 1.69. The molecule has 0 atom stereocenters. The number of rotatable bonds is 7. The van der Waals surface area contributed by atoms with Crippen LogP contribution < -0.4 is 10.6 Å². The zero-order valence-electron chi connectivity index (χ0n) is 14.6. The number of guanidine groups is 1. The van der Waals surface area contributed by atoms with Gasteiger partial charge in [0.15, 0.2) is 5.96 Å². The van der Waals surface area contributed by atoms with Crippen LogP contribution in [0.3, 0.4) is 0 Å². The Bertz CT molecular complexity index is 714. The van der Waals surface area contributed by atoms with Gasteiger partial charge in [0.1, 0.15) is 6.61 Å². The number of nitrogens with zero attached hydrogens (tertiary/aromatic N) is 2. The van der Waals surface area contributed by atoms with E-state index in [1.165, 1.54) is 0 Å². The Kier molecular flexibility index (Phi) is 7.40. The number of hydrogen-bond acceptors (Lipinski definition) is 4. The molecule has 0 unspecified atom stereocenters. The van der Waals surface area contributed by atoms with Crippen molar-refractivity contribution in [1.29, 1.82) is 0 Å². The summed E-state index contributed by atoms with van der Waals surface area (Å²) in [6.45, 7) is 1.84. The van der Waals surface area contributed by atoms with Gasteiger partial charge in [0.25, 0.3) is 0 Å². The average Bonchev–Trinajstić information content (AvgIpc) is 3.00. The van der Waals surface area contributed by atoms with Gasteiger partial charge in [0.05, 0.1) is 18.2 Å². The lowest BCUT2D eigenvalue weighted by Crippen LogP contribution is -2.36. The highest BCUT2D eigenvalue weighted by Crippen LogP contribution is 2.16. The summed E-state index contributed by atoms with van der Waals surface area (Å²) in [5, 5.41) is 7.41. The Morgan fingerprint density at radius 3 is 2.38 bits per heavy atom. The van der Waals surface area contributed by atoms with Crippen LogP contribution in [0.25, 0.3) is 0 Å². The molecule has 2 rings (SSSR count). The fourth-order valence-corrected chi connectivity index (χ4v) is 2.84. The standard InChI is InChI=1S/C17H21F3N4OS/c1-12-22-8-15(26-12)9-24-16(21-2)23-7-13-3-5-14(6-4-13)10-25-11-17(18,19)20/h3-6,8H,7,9-11H2,1-2H3,(H2,21,23,24). The predicted octanol–water partition coefficient (Wildman–Crippen LogP) is 3.40. The van der Waals surface area contributed by atoms with Crippen molar-refractivity contribution in [1.82, 2.24) is 15.6 Å². The summed E-state index contributed by atoms with van der Waals surface area (Å²) in [6, 6.07) is 7.20. The van der Waals surface area contributed by atoms with Gasteiger partial charge < -0.3 is 15.4 Å². The molecule has 0 saturated heterocycles. The fourth-order valence-electron chi connectivity index (χ4n) is 2.10. The number of benzene rings is 1. The van der Waals surface area contributed by atoms with Crippen molar-refractivity contribution in [3.63, 3.8) is 0 Å². The lowest BCUT2D eigenvalue weighted by atomic mass is 10.1. The normalized spacial score (nSPS) is 12.3. The van der Waals surface area contributed by atoms with E-state index in [2.05, 4.69) is 25.3 Å². The quantitative estimate of drug-likeness (QED) is 0.566. The number of thiazole rings is 1. The zero-order chi connectivity index (χ0) is 19.0. The third kappa shape index (κ3) is 7.40. The molecule has 0 aliphatic carbocycles. The van der Waals surface area contributed by atoms with Crippen molar-refractivity contribution < 1.29 is 17.9 Å². The molecule has 1 heterocycles. The summed E-state index contributed by atoms with van der Waals surface area (Å²) < 4.78 is 40.8. The van der Waals surface area contributed by atoms with Gasteiger partial charge in [0, 0.05) is 24.7 Å². The van der Waals surface area contributed by atoms with E-state index in [1.807, 2.05) is 25.3 Å². The maximum atomic E-state index is 12.1. The maximum absolute atomic E-state index is 12.1. The van der Waals surface area contributed by atoms with Crippen molar-refractivity contribution in [3.8, 4) is 0 Å². The summed E-state index contributed by atoms with van der Waals surface area (Å²) in [4.78, 5) is 9.48. The second kappa shape index (κ2) is 9.54. The van der Waals surface area contributed by atoms with Crippen molar-refractivity contribution in [2.75, 3.05) is 13.7 Å². The van der Waals surface area contributed by atoms with E-state index in [9.17, 15) is 13.2 Å². The molecule has 0 saturated carbocycles. The summed E-state index contributed by atoms with van der Waals surface area (Å²) in [5.41, 5.74) is 1.68. The summed E-state index contributed by atoms with van der Waals surface area (Å²) in [6.07, 6.45) is -2.47. The van der Waals surface area contributed by atoms with E-state index in [-0.39, 0.29) is 6.61 Å². The molecular weight excluding hydrogens is 365 g/mol. The second-order valence-electron chi connectivity index (χ2n) is 5.55. The fraction of sp³-hybridized carbons (Fsp3) is 0.412. The molecule has 0 aliphatic heterocycles. The minimum absolute atomic E-state index is 0.0648. The van der Waals surface area contributed by atoms with Gasteiger partial charge >= 0.3 is 6.18 Å². The van der Waals surface area contributed by atoms with Gasteiger partial charge in [-0.05, 0) is 18.1 Å². The van der Waals surface area contributed by atoms with Crippen molar-refractivity contribution in [2.45, 2.75) is 32.8 Å². The van der Waals surface area contributed by atoms with Gasteiger partial charge in [0.2, 0.25) is 0 Å². The van der Waals surface area contributed by atoms with Gasteiger partial charge in [-0.1, -0.05) is 24.3 Å². The van der Waals surface area contributed by atoms with E-state index < -0.39 is 12.8 Å². The van der Waals surface area contributed by atoms with E-state index >= 15 is 0 Å². The molecule has 1 aromatic heterocycles. The number of aryl methyl sites for hydroxylation is 1. The molecule has 9 heteroatoms. The molecule has 2 aromatic rings. The first-order valence-corrected chi connectivity index (χ1v) is 8.75. The predicted molar refractivity (Wildman–Crippen MR) is 96.0 cm³/mol. The molecule has 0 radical (unpaired) electrons. The van der Waals surface area contributed by atoms with E-state index in [1.54, 1.807) is 30.5 Å². The molecular formula is C17H21F3N4OS. The van der Waals surface area contributed by atoms with E-state index in [0.717, 1.165) is 15.4 Å². The highest BCUT2D eigenvalue weighted by atomic mass is 32.1. The summed E-state index contributed by atoms with van der Waals surface area (Å²) >= 11 is 1.63. The average molecular weight is 386 g/mol. The number of aliphatic imine (C=N–C) groups is 1. The van der Waals surface area contributed by atoms with Gasteiger partial charge in [-0.2, -0.15) is 13.2 Å². The first-order valence-electron chi connectivity index (χ1n) is 7.94. The van der Waals surface area contributed by atoms with Crippen LogP contribution in [0.4, 0.5) is 13.2 Å². The summed E-state index contributed by atoms with van der Waals surface area (Å²) in [5.74, 6) is 0.661. The van der Waals surface area contributed by atoms with Crippen molar-refractivity contribution in [2.24, 2.45) is 4.99 Å². The van der Waals surface area contributed by atoms with Crippen LogP contribution in [0.5, 0.6) is 0 Å². The molecule has 1 aromatic carbocycles. The Hall–Kier alpha value is -2.13. The molecule has 2 N–H and O–H groups in total. The first kappa shape index (κ1) is 20.2. The number of halogens is 3. The van der Waals surface area contributed by atoms with E-state index in [0.29, 0.717) is 24.6 Å². The Labute approximate surface area is 154 Å². The minimum Gasteiger partial charge on any atom is -0.367 e. The smallest absolute Gasteiger partial charge is 0.367 e. The second-order valence-corrected chi connectivity index (χ2v) is 6.87. The molecule has 5 nitrogen and oxygen atoms in total. The van der Waals surface area contributed by atoms with Crippen LogP contribution in [0.1, 0.15) is 21.0 Å². The molecule has 0 amide bonds. The van der Waals surface area contributed by atoms with Crippen LogP contribution in [0.15, 0.2) is 35.5 Å². The highest BCUT2D eigenvalue weighted by Gasteiger charge is 2.27. The van der Waals surface area contributed by atoms with Gasteiger partial charge in [-0.3, -0.25) is 4.99 Å². The third-order valence-corrected chi connectivity index (χ3v) is 4.25. The SMILES string of the molecule is CN=C(NCc1ccc(COCC(F)(F)F)cc1)NCc1cnc(C)s1. The first-order chi connectivity index (χ1) is 12.4. The molecule has 142 valence electrons. The Morgan fingerprint density at radius 2 is 1.81 bits per heavy atom. The maximum Gasteiger partial charge on any atom is 0.411 e. The largest absolute Gasteiger partial charge is 0.411 e. The lowest BCUT2D eigenvalue weighted by molar-refractivity contribution is -0.176. The third-order valence-electron chi connectivity index (χ3n) is 3.34. The van der Waals surface area contributed by atoms with Gasteiger partial charge in [-0.25, -0.2) is 4.98 Å². The number of nitrogens with one attached hydrogen (secondary N) is 2. The molecule has 0 fully saturated rings. The molecule has 0 spiro atoms. The number of hydrogen-bond donors (Lipinski definition) is 2. The number of aromatic nitrogens is 1. The zero-order valence-corrected chi connectivity index (χ0v) is 15.4. The molecule has 26 heavy (non-hydrogen) atoms. The minimum atomic E-state index is -4.30. The van der Waals surface area contributed by atoms with Crippen LogP contribution >= 0.6 is 11.3 Å². The Morgan fingerprint density at radius 1 is 1.15 bits per heavy atom. The number of ether oxygens (including phenoxy) is 1. The van der Waals surface area contributed by atoms with E-state index in [4.69, 9.17) is 0 Å².